The van der Waals surface area contributed by atoms with Gasteiger partial charge in [-0.3, -0.25) is 4.79 Å². The molecular formula is C17H22N2O2. The molecule has 2 N–H and O–H groups in total. The van der Waals surface area contributed by atoms with E-state index in [2.05, 4.69) is 30.5 Å². The molecule has 1 atom stereocenters. The number of amides is 1. The van der Waals surface area contributed by atoms with Gasteiger partial charge in [0.1, 0.15) is 5.58 Å². The second kappa shape index (κ2) is 5.90. The summed E-state index contributed by atoms with van der Waals surface area (Å²) >= 11 is 0. The first kappa shape index (κ1) is 14.1. The molecule has 4 nitrogen and oxygen atoms in total. The highest BCUT2D eigenvalue weighted by atomic mass is 16.3. The number of carbonyl (C=O) groups excluding carboxylic acids is 1. The molecule has 4 heteroatoms. The molecule has 21 heavy (non-hydrogen) atoms. The number of aryl methyl sites for hydroxylation is 2. The van der Waals surface area contributed by atoms with Gasteiger partial charge in [0, 0.05) is 23.5 Å². The predicted molar refractivity (Wildman–Crippen MR) is 83.4 cm³/mol. The van der Waals surface area contributed by atoms with Gasteiger partial charge in [0.2, 0.25) is 5.91 Å². The van der Waals surface area contributed by atoms with Gasteiger partial charge >= 0.3 is 0 Å². The highest BCUT2D eigenvalue weighted by molar-refractivity contribution is 5.89. The molecule has 2 aromatic rings. The Kier molecular flexibility index (Phi) is 3.97. The lowest BCUT2D eigenvalue weighted by Crippen LogP contribution is -2.37. The smallest absolute Gasteiger partial charge is 0.224 e. The van der Waals surface area contributed by atoms with Gasteiger partial charge in [-0.1, -0.05) is 12.1 Å². The second-order valence-corrected chi connectivity index (χ2v) is 5.92. The van der Waals surface area contributed by atoms with Crippen molar-refractivity contribution in [3.05, 3.63) is 35.1 Å². The Labute approximate surface area is 124 Å². The van der Waals surface area contributed by atoms with Crippen LogP contribution in [-0.2, 0) is 11.2 Å². The number of rotatable bonds is 4. The number of furan rings is 1. The lowest BCUT2D eigenvalue weighted by atomic mass is 10.0. The molecule has 1 aliphatic rings. The van der Waals surface area contributed by atoms with Crippen molar-refractivity contribution in [2.24, 2.45) is 0 Å². The zero-order valence-electron chi connectivity index (χ0n) is 12.7. The van der Waals surface area contributed by atoms with Gasteiger partial charge in [-0.2, -0.15) is 0 Å². The van der Waals surface area contributed by atoms with E-state index in [0.29, 0.717) is 19.0 Å². The molecule has 2 heterocycles. The minimum Gasteiger partial charge on any atom is -0.464 e. The van der Waals surface area contributed by atoms with E-state index in [9.17, 15) is 4.79 Å². The van der Waals surface area contributed by atoms with E-state index < -0.39 is 0 Å². The lowest BCUT2D eigenvalue weighted by Gasteiger charge is -2.11. The summed E-state index contributed by atoms with van der Waals surface area (Å²) in [6.45, 7) is 5.90. The third kappa shape index (κ3) is 2.95. The molecule has 1 saturated heterocycles. The van der Waals surface area contributed by atoms with Gasteiger partial charge in [0.05, 0.1) is 12.7 Å². The number of hydrogen-bond acceptors (Lipinski definition) is 3. The van der Waals surface area contributed by atoms with Gasteiger partial charge in [-0.25, -0.2) is 0 Å². The fraction of sp³-hybridized carbons (Fsp3) is 0.471. The number of benzene rings is 1. The van der Waals surface area contributed by atoms with Gasteiger partial charge in [-0.15, -0.1) is 0 Å². The number of carbonyl (C=O) groups is 1. The zero-order chi connectivity index (χ0) is 14.8. The highest BCUT2D eigenvalue weighted by Crippen LogP contribution is 2.26. The number of hydrogen-bond donors (Lipinski definition) is 2. The summed E-state index contributed by atoms with van der Waals surface area (Å²) in [6.07, 6.45) is 4.44. The molecule has 3 rings (SSSR count). The zero-order valence-corrected chi connectivity index (χ0v) is 12.7. The van der Waals surface area contributed by atoms with Crippen molar-refractivity contribution in [3.63, 3.8) is 0 Å². The van der Waals surface area contributed by atoms with Crippen molar-refractivity contribution in [2.75, 3.05) is 13.1 Å². The topological polar surface area (TPSA) is 54.3 Å². The highest BCUT2D eigenvalue weighted by Gasteiger charge is 2.16. The van der Waals surface area contributed by atoms with Gasteiger partial charge in [0.15, 0.2) is 0 Å². The van der Waals surface area contributed by atoms with Gasteiger partial charge in [0.25, 0.3) is 0 Å². The first-order chi connectivity index (χ1) is 10.1. The lowest BCUT2D eigenvalue weighted by molar-refractivity contribution is -0.120. The van der Waals surface area contributed by atoms with E-state index in [1.807, 2.05) is 6.07 Å². The van der Waals surface area contributed by atoms with Crippen molar-refractivity contribution < 1.29 is 9.21 Å². The summed E-state index contributed by atoms with van der Waals surface area (Å²) in [5.41, 5.74) is 4.22. The van der Waals surface area contributed by atoms with Crippen LogP contribution < -0.4 is 10.6 Å². The average molecular weight is 286 g/mol. The maximum atomic E-state index is 12.1. The fourth-order valence-electron chi connectivity index (χ4n) is 2.93. The van der Waals surface area contributed by atoms with Crippen LogP contribution in [0.25, 0.3) is 11.0 Å². The van der Waals surface area contributed by atoms with E-state index in [1.165, 1.54) is 12.0 Å². The molecule has 112 valence electrons. The van der Waals surface area contributed by atoms with E-state index in [1.54, 1.807) is 6.26 Å². The normalized spacial score (nSPS) is 18.3. The summed E-state index contributed by atoms with van der Waals surface area (Å²) < 4.78 is 5.65. The number of nitrogens with one attached hydrogen (secondary N) is 2. The molecule has 1 aliphatic heterocycles. The molecule has 0 bridgehead atoms. The molecule has 0 radical (unpaired) electrons. The summed E-state index contributed by atoms with van der Waals surface area (Å²) in [7, 11) is 0. The van der Waals surface area contributed by atoms with Crippen LogP contribution in [0.2, 0.25) is 0 Å². The average Bonchev–Trinajstić information content (AvgIpc) is 3.11. The van der Waals surface area contributed by atoms with Crippen LogP contribution in [0.4, 0.5) is 0 Å². The maximum absolute atomic E-state index is 12.1. The Morgan fingerprint density at radius 2 is 2.29 bits per heavy atom. The summed E-state index contributed by atoms with van der Waals surface area (Å²) in [5.74, 6) is 0.0598. The standard InChI is InChI=1S/C17H22N2O2/c1-11-5-6-15-13(10-21-17(15)12(11)2)8-16(20)19-9-14-4-3-7-18-14/h5-6,10,14,18H,3-4,7-9H2,1-2H3,(H,19,20). The first-order valence-electron chi connectivity index (χ1n) is 7.61. The van der Waals surface area contributed by atoms with Crippen LogP contribution in [0.5, 0.6) is 0 Å². The van der Waals surface area contributed by atoms with Crippen LogP contribution >= 0.6 is 0 Å². The fourth-order valence-corrected chi connectivity index (χ4v) is 2.93. The molecule has 0 saturated carbocycles. The Hall–Kier alpha value is -1.81. The third-order valence-electron chi connectivity index (χ3n) is 4.40. The Morgan fingerprint density at radius 1 is 1.43 bits per heavy atom. The van der Waals surface area contributed by atoms with Crippen molar-refractivity contribution in [1.82, 2.24) is 10.6 Å². The molecule has 0 aliphatic carbocycles. The largest absolute Gasteiger partial charge is 0.464 e. The van der Waals surface area contributed by atoms with Crippen LogP contribution in [-0.4, -0.2) is 25.0 Å². The summed E-state index contributed by atoms with van der Waals surface area (Å²) in [5, 5.41) is 7.44. The Balaban J connectivity index is 1.67. The predicted octanol–water partition coefficient (Wildman–Crippen LogP) is 2.46. The number of fused-ring (bicyclic) bond motifs is 1. The quantitative estimate of drug-likeness (QED) is 0.908. The van der Waals surface area contributed by atoms with Crippen molar-refractivity contribution in [3.8, 4) is 0 Å². The van der Waals surface area contributed by atoms with Crippen molar-refractivity contribution in [2.45, 2.75) is 39.2 Å². The maximum Gasteiger partial charge on any atom is 0.224 e. The van der Waals surface area contributed by atoms with Crippen LogP contribution in [0.1, 0.15) is 29.5 Å². The van der Waals surface area contributed by atoms with Crippen molar-refractivity contribution in [1.29, 1.82) is 0 Å². The minimum absolute atomic E-state index is 0.0598. The molecule has 1 fully saturated rings. The van der Waals surface area contributed by atoms with Crippen LogP contribution in [0.15, 0.2) is 22.8 Å². The molecule has 1 unspecified atom stereocenters. The molecule has 0 spiro atoms. The molecular weight excluding hydrogens is 264 g/mol. The molecule has 1 aromatic carbocycles. The van der Waals surface area contributed by atoms with Crippen LogP contribution in [0.3, 0.4) is 0 Å². The molecule has 1 amide bonds. The van der Waals surface area contributed by atoms with E-state index in [0.717, 1.165) is 35.1 Å². The second-order valence-electron chi connectivity index (χ2n) is 5.92. The minimum atomic E-state index is 0.0598. The third-order valence-corrected chi connectivity index (χ3v) is 4.40. The monoisotopic (exact) mass is 286 g/mol. The SMILES string of the molecule is Cc1ccc2c(CC(=O)NCC3CCCN3)coc2c1C. The first-order valence-corrected chi connectivity index (χ1v) is 7.61. The summed E-state index contributed by atoms with van der Waals surface area (Å²) in [6, 6.07) is 4.55. The Morgan fingerprint density at radius 3 is 3.05 bits per heavy atom. The van der Waals surface area contributed by atoms with Crippen molar-refractivity contribution >= 4 is 16.9 Å². The van der Waals surface area contributed by atoms with E-state index >= 15 is 0 Å². The summed E-state index contributed by atoms with van der Waals surface area (Å²) in [4.78, 5) is 12.1. The van der Waals surface area contributed by atoms with E-state index in [-0.39, 0.29) is 5.91 Å². The van der Waals surface area contributed by atoms with Gasteiger partial charge < -0.3 is 15.1 Å². The van der Waals surface area contributed by atoms with Crippen LogP contribution in [0, 0.1) is 13.8 Å². The Bertz CT molecular complexity index is 654. The van der Waals surface area contributed by atoms with Gasteiger partial charge in [-0.05, 0) is 44.4 Å². The van der Waals surface area contributed by atoms with E-state index in [4.69, 9.17) is 4.42 Å². The molecule has 1 aromatic heterocycles.